The average molecular weight is 130 g/mol. The Balaban J connectivity index is 0.000000810. The van der Waals surface area contributed by atoms with Crippen molar-refractivity contribution >= 4 is 0 Å². The third-order valence-corrected chi connectivity index (χ3v) is 1.88. The number of nitrogens with one attached hydrogen (secondary N) is 1. The van der Waals surface area contributed by atoms with Crippen LogP contribution in [-0.2, 0) is 0 Å². The number of hydrogen-bond acceptors (Lipinski definition) is 2. The quantitative estimate of drug-likeness (QED) is 0.557. The predicted octanol–water partition coefficient (Wildman–Crippen LogP) is 0.546. The molecular formula is C7H18N2. The number of nitrogens with zero attached hydrogens (tertiary/aromatic N) is 1. The molecule has 0 radical (unpaired) electrons. The van der Waals surface area contributed by atoms with Crippen molar-refractivity contribution in [2.45, 2.75) is 19.9 Å². The Bertz CT molecular complexity index is 79.7. The van der Waals surface area contributed by atoms with Crippen molar-refractivity contribution in [1.82, 2.24) is 10.2 Å². The number of hydrogen-bond donors (Lipinski definition) is 1. The van der Waals surface area contributed by atoms with Crippen LogP contribution < -0.4 is 5.32 Å². The molecule has 2 heteroatoms. The van der Waals surface area contributed by atoms with Crippen LogP contribution in [0, 0.1) is 0 Å². The molecule has 9 heavy (non-hydrogen) atoms. The van der Waals surface area contributed by atoms with E-state index in [0.717, 1.165) is 19.1 Å². The maximum Gasteiger partial charge on any atom is 0.0110 e. The molecule has 0 aromatic carbocycles. The average Bonchev–Trinajstić information content (AvgIpc) is 1.90. The highest BCUT2D eigenvalue weighted by Crippen LogP contribution is 1.97. The molecule has 1 N–H and O–H groups in total. The molecule has 56 valence electrons. The maximum atomic E-state index is 3.33. The number of piperazine rings is 1. The van der Waals surface area contributed by atoms with Gasteiger partial charge in [-0.25, -0.2) is 0 Å². The van der Waals surface area contributed by atoms with E-state index in [0.29, 0.717) is 0 Å². The van der Waals surface area contributed by atoms with Gasteiger partial charge in [-0.15, -0.1) is 0 Å². The van der Waals surface area contributed by atoms with Gasteiger partial charge in [-0.1, -0.05) is 0 Å². The Hall–Kier alpha value is -0.0800. The van der Waals surface area contributed by atoms with Gasteiger partial charge in [-0.05, 0) is 13.8 Å². The van der Waals surface area contributed by atoms with Crippen molar-refractivity contribution in [1.29, 1.82) is 0 Å². The summed E-state index contributed by atoms with van der Waals surface area (Å²) in [6, 6.07) is 0.729. The van der Waals surface area contributed by atoms with E-state index >= 15 is 0 Å². The van der Waals surface area contributed by atoms with Gasteiger partial charge in [0.05, 0.1) is 0 Å². The minimum atomic E-state index is 0. The first-order valence-electron chi connectivity index (χ1n) is 3.75. The first kappa shape index (κ1) is 7.03. The maximum absolute atomic E-state index is 3.33. The van der Waals surface area contributed by atoms with Crippen molar-refractivity contribution < 1.29 is 1.43 Å². The fourth-order valence-corrected chi connectivity index (χ4v) is 1.20. The van der Waals surface area contributed by atoms with Gasteiger partial charge in [0.25, 0.3) is 0 Å². The molecule has 0 aromatic rings. The normalized spacial score (nSPS) is 23.0. The molecule has 0 bridgehead atoms. The van der Waals surface area contributed by atoms with Gasteiger partial charge in [0, 0.05) is 33.6 Å². The van der Waals surface area contributed by atoms with E-state index in [-0.39, 0.29) is 1.43 Å². The second kappa shape index (κ2) is 3.18. The summed E-state index contributed by atoms with van der Waals surface area (Å²) < 4.78 is 0. The molecule has 0 aromatic heterocycles. The second-order valence-corrected chi connectivity index (χ2v) is 2.88. The zero-order valence-corrected chi connectivity index (χ0v) is 6.35. The minimum Gasteiger partial charge on any atom is -0.314 e. The zero-order valence-electron chi connectivity index (χ0n) is 6.35. The summed E-state index contributed by atoms with van der Waals surface area (Å²) in [5.74, 6) is 0. The summed E-state index contributed by atoms with van der Waals surface area (Å²) in [6.45, 7) is 9.28. The Morgan fingerprint density at radius 3 is 2.22 bits per heavy atom. The summed E-state index contributed by atoms with van der Waals surface area (Å²) in [5, 5.41) is 3.33. The summed E-state index contributed by atoms with van der Waals surface area (Å²) in [7, 11) is 0. The molecule has 0 spiro atoms. The lowest BCUT2D eigenvalue weighted by molar-refractivity contribution is 0.196. The van der Waals surface area contributed by atoms with E-state index in [1.54, 1.807) is 0 Å². The minimum absolute atomic E-state index is 0. The molecule has 0 saturated carbocycles. The van der Waals surface area contributed by atoms with Crippen LogP contribution in [0.1, 0.15) is 15.3 Å². The Kier molecular flexibility index (Phi) is 2.49. The third-order valence-electron chi connectivity index (χ3n) is 1.88. The molecule has 0 aliphatic carbocycles. The largest absolute Gasteiger partial charge is 0.314 e. The van der Waals surface area contributed by atoms with Gasteiger partial charge in [0.2, 0.25) is 0 Å². The van der Waals surface area contributed by atoms with Gasteiger partial charge in [0.15, 0.2) is 0 Å². The standard InChI is InChI=1S/C7H16N2.H2/c1-7(2)9-5-3-8-4-6-9;/h7-8H,3-6H2,1-2H3;1H. The highest BCUT2D eigenvalue weighted by molar-refractivity contribution is 4.69. The molecule has 1 aliphatic rings. The lowest BCUT2D eigenvalue weighted by atomic mass is 10.3. The molecule has 1 heterocycles. The SMILES string of the molecule is CC(C)N1CCNCC1.[HH]. The van der Waals surface area contributed by atoms with Crippen LogP contribution in [0.4, 0.5) is 0 Å². The Morgan fingerprint density at radius 2 is 1.89 bits per heavy atom. The highest BCUT2D eigenvalue weighted by atomic mass is 15.2. The first-order chi connectivity index (χ1) is 4.30. The van der Waals surface area contributed by atoms with Gasteiger partial charge >= 0.3 is 0 Å². The van der Waals surface area contributed by atoms with Gasteiger partial charge in [0.1, 0.15) is 0 Å². The molecular weight excluding hydrogens is 112 g/mol. The van der Waals surface area contributed by atoms with Crippen molar-refractivity contribution in [3.8, 4) is 0 Å². The fraction of sp³-hybridized carbons (Fsp3) is 1.00. The fourth-order valence-electron chi connectivity index (χ4n) is 1.20. The number of rotatable bonds is 1. The third kappa shape index (κ3) is 1.95. The van der Waals surface area contributed by atoms with Crippen LogP contribution in [-0.4, -0.2) is 37.1 Å². The molecule has 1 saturated heterocycles. The molecule has 2 nitrogen and oxygen atoms in total. The molecule has 0 amide bonds. The summed E-state index contributed by atoms with van der Waals surface area (Å²) in [5.41, 5.74) is 0. The molecule has 0 unspecified atom stereocenters. The van der Waals surface area contributed by atoms with E-state index in [9.17, 15) is 0 Å². The van der Waals surface area contributed by atoms with Crippen LogP contribution >= 0.6 is 0 Å². The smallest absolute Gasteiger partial charge is 0.0110 e. The highest BCUT2D eigenvalue weighted by Gasteiger charge is 2.11. The van der Waals surface area contributed by atoms with Crippen LogP contribution in [0.5, 0.6) is 0 Å². The van der Waals surface area contributed by atoms with Crippen molar-refractivity contribution in [2.24, 2.45) is 0 Å². The van der Waals surface area contributed by atoms with E-state index < -0.39 is 0 Å². The monoisotopic (exact) mass is 130 g/mol. The summed E-state index contributed by atoms with van der Waals surface area (Å²) >= 11 is 0. The zero-order chi connectivity index (χ0) is 6.69. The van der Waals surface area contributed by atoms with E-state index in [2.05, 4.69) is 24.1 Å². The van der Waals surface area contributed by atoms with Crippen molar-refractivity contribution in [3.05, 3.63) is 0 Å². The molecule has 1 rings (SSSR count). The van der Waals surface area contributed by atoms with Crippen molar-refractivity contribution in [3.63, 3.8) is 0 Å². The van der Waals surface area contributed by atoms with Gasteiger partial charge in [-0.3, -0.25) is 4.90 Å². The molecule has 1 fully saturated rings. The second-order valence-electron chi connectivity index (χ2n) is 2.88. The van der Waals surface area contributed by atoms with Crippen LogP contribution in [0.15, 0.2) is 0 Å². The summed E-state index contributed by atoms with van der Waals surface area (Å²) in [6.07, 6.45) is 0. The van der Waals surface area contributed by atoms with Gasteiger partial charge < -0.3 is 5.32 Å². The summed E-state index contributed by atoms with van der Waals surface area (Å²) in [4.78, 5) is 2.50. The van der Waals surface area contributed by atoms with Crippen LogP contribution in [0.25, 0.3) is 0 Å². The Morgan fingerprint density at radius 1 is 1.33 bits per heavy atom. The van der Waals surface area contributed by atoms with Gasteiger partial charge in [-0.2, -0.15) is 0 Å². The van der Waals surface area contributed by atoms with E-state index in [4.69, 9.17) is 0 Å². The van der Waals surface area contributed by atoms with Crippen molar-refractivity contribution in [2.75, 3.05) is 26.2 Å². The first-order valence-corrected chi connectivity index (χ1v) is 3.75. The molecule has 1 aliphatic heterocycles. The van der Waals surface area contributed by atoms with Crippen LogP contribution in [0.2, 0.25) is 0 Å². The Labute approximate surface area is 58.7 Å². The van der Waals surface area contributed by atoms with E-state index in [1.807, 2.05) is 0 Å². The lowest BCUT2D eigenvalue weighted by Gasteiger charge is -2.30. The molecule has 0 atom stereocenters. The lowest BCUT2D eigenvalue weighted by Crippen LogP contribution is -2.46. The predicted molar refractivity (Wildman–Crippen MR) is 41.7 cm³/mol. The van der Waals surface area contributed by atoms with E-state index in [1.165, 1.54) is 13.1 Å². The van der Waals surface area contributed by atoms with Crippen LogP contribution in [0.3, 0.4) is 0 Å². The topological polar surface area (TPSA) is 15.3 Å².